The lowest BCUT2D eigenvalue weighted by Crippen LogP contribution is -2.31. The molecule has 0 radical (unpaired) electrons. The van der Waals surface area contributed by atoms with E-state index in [-0.39, 0.29) is 6.10 Å². The molecule has 2 nitrogen and oxygen atoms in total. The zero-order chi connectivity index (χ0) is 14.3. The molecule has 2 heteroatoms. The summed E-state index contributed by atoms with van der Waals surface area (Å²) in [5.74, 6) is 1.55. The highest BCUT2D eigenvalue weighted by molar-refractivity contribution is 5.29. The molecule has 19 heavy (non-hydrogen) atoms. The van der Waals surface area contributed by atoms with Crippen molar-refractivity contribution < 1.29 is 4.74 Å². The predicted molar refractivity (Wildman–Crippen MR) is 83.0 cm³/mol. The molecular formula is C17H29NO. The highest BCUT2D eigenvalue weighted by Gasteiger charge is 2.09. The number of nitrogens with one attached hydrogen (secondary N) is 1. The molecule has 2 unspecified atom stereocenters. The van der Waals surface area contributed by atoms with E-state index in [9.17, 15) is 0 Å². The molecule has 0 fully saturated rings. The first-order chi connectivity index (χ1) is 9.02. The molecule has 0 bridgehead atoms. The first-order valence-corrected chi connectivity index (χ1v) is 7.53. The summed E-state index contributed by atoms with van der Waals surface area (Å²) in [4.78, 5) is 0. The van der Waals surface area contributed by atoms with Gasteiger partial charge in [0.2, 0.25) is 0 Å². The third kappa shape index (κ3) is 6.11. The average Bonchev–Trinajstić information content (AvgIpc) is 2.36. The van der Waals surface area contributed by atoms with Crippen LogP contribution in [0.2, 0.25) is 0 Å². The predicted octanol–water partition coefficient (Wildman–Crippen LogP) is 4.36. The minimum Gasteiger partial charge on any atom is -0.491 e. The van der Waals surface area contributed by atoms with Gasteiger partial charge in [-0.05, 0) is 56.8 Å². The Hall–Kier alpha value is -1.02. The van der Waals surface area contributed by atoms with Gasteiger partial charge in [-0.1, -0.05) is 32.9 Å². The van der Waals surface area contributed by atoms with Crippen molar-refractivity contribution in [3.05, 3.63) is 29.8 Å². The van der Waals surface area contributed by atoms with Crippen LogP contribution in [0.4, 0.5) is 0 Å². The topological polar surface area (TPSA) is 21.3 Å². The highest BCUT2D eigenvalue weighted by Crippen LogP contribution is 2.20. The molecule has 0 amide bonds. The average molecular weight is 263 g/mol. The first-order valence-electron chi connectivity index (χ1n) is 7.53. The van der Waals surface area contributed by atoms with Crippen LogP contribution < -0.4 is 10.1 Å². The number of hydrogen-bond acceptors (Lipinski definition) is 2. The second kappa shape index (κ2) is 8.21. The second-order valence-corrected chi connectivity index (χ2v) is 5.74. The van der Waals surface area contributed by atoms with Crippen molar-refractivity contribution in [2.24, 2.45) is 0 Å². The Bertz CT molecular complexity index is 345. The Morgan fingerprint density at radius 1 is 1.05 bits per heavy atom. The second-order valence-electron chi connectivity index (χ2n) is 5.74. The van der Waals surface area contributed by atoms with E-state index in [1.165, 1.54) is 12.0 Å². The van der Waals surface area contributed by atoms with Crippen LogP contribution in [0.15, 0.2) is 24.3 Å². The van der Waals surface area contributed by atoms with E-state index >= 15 is 0 Å². The molecule has 1 aromatic carbocycles. The lowest BCUT2D eigenvalue weighted by Gasteiger charge is -2.20. The molecule has 1 N–H and O–H groups in total. The molecule has 0 saturated carbocycles. The summed E-state index contributed by atoms with van der Waals surface area (Å²) in [6.45, 7) is 12.0. The van der Waals surface area contributed by atoms with E-state index in [4.69, 9.17) is 4.74 Å². The lowest BCUT2D eigenvalue weighted by atomic mass is 10.0. The smallest absolute Gasteiger partial charge is 0.119 e. The molecule has 1 rings (SSSR count). The van der Waals surface area contributed by atoms with Gasteiger partial charge in [-0.15, -0.1) is 0 Å². The highest BCUT2D eigenvalue weighted by atomic mass is 16.5. The van der Waals surface area contributed by atoms with Crippen LogP contribution in [0, 0.1) is 0 Å². The Morgan fingerprint density at radius 2 is 1.68 bits per heavy atom. The van der Waals surface area contributed by atoms with E-state index in [1.54, 1.807) is 0 Å². The zero-order valence-corrected chi connectivity index (χ0v) is 13.1. The molecular weight excluding hydrogens is 234 g/mol. The molecule has 0 heterocycles. The fourth-order valence-electron chi connectivity index (χ4n) is 2.18. The Balaban J connectivity index is 2.41. The summed E-state index contributed by atoms with van der Waals surface area (Å²) in [5.41, 5.74) is 1.36. The monoisotopic (exact) mass is 263 g/mol. The summed E-state index contributed by atoms with van der Waals surface area (Å²) >= 11 is 0. The molecule has 0 aliphatic heterocycles. The van der Waals surface area contributed by atoms with E-state index in [0.717, 1.165) is 18.7 Å². The van der Waals surface area contributed by atoms with Crippen LogP contribution in [-0.4, -0.2) is 18.7 Å². The fraction of sp³-hybridized carbons (Fsp3) is 0.647. The standard InChI is InChI=1S/C17H29NO/c1-6-11-18-14(4)12-15(5)19-17-9-7-16(8-10-17)13(2)3/h7-10,13-15,18H,6,11-12H2,1-5H3. The minimum absolute atomic E-state index is 0.240. The van der Waals surface area contributed by atoms with Crippen molar-refractivity contribution in [1.29, 1.82) is 0 Å². The van der Waals surface area contributed by atoms with Gasteiger partial charge in [-0.2, -0.15) is 0 Å². The Kier molecular flexibility index (Phi) is 6.93. The van der Waals surface area contributed by atoms with Crippen LogP contribution in [0.25, 0.3) is 0 Å². The summed E-state index contributed by atoms with van der Waals surface area (Å²) in [5, 5.41) is 3.49. The fourth-order valence-corrected chi connectivity index (χ4v) is 2.18. The molecule has 0 aromatic heterocycles. The summed E-state index contributed by atoms with van der Waals surface area (Å²) in [7, 11) is 0. The molecule has 108 valence electrons. The minimum atomic E-state index is 0.240. The van der Waals surface area contributed by atoms with E-state index in [1.807, 2.05) is 0 Å². The van der Waals surface area contributed by atoms with Gasteiger partial charge in [0.1, 0.15) is 5.75 Å². The van der Waals surface area contributed by atoms with Gasteiger partial charge in [-0.25, -0.2) is 0 Å². The quantitative estimate of drug-likeness (QED) is 0.752. The third-order valence-corrected chi connectivity index (χ3v) is 3.31. The van der Waals surface area contributed by atoms with Gasteiger partial charge in [0, 0.05) is 6.04 Å². The van der Waals surface area contributed by atoms with Crippen molar-refractivity contribution >= 4 is 0 Å². The number of rotatable bonds is 8. The normalized spacial score (nSPS) is 14.4. The Morgan fingerprint density at radius 3 is 2.21 bits per heavy atom. The van der Waals surface area contributed by atoms with Crippen LogP contribution in [0.5, 0.6) is 5.75 Å². The zero-order valence-electron chi connectivity index (χ0n) is 13.1. The van der Waals surface area contributed by atoms with Crippen molar-refractivity contribution in [2.75, 3.05) is 6.54 Å². The summed E-state index contributed by atoms with van der Waals surface area (Å²) in [6.07, 6.45) is 2.45. The van der Waals surface area contributed by atoms with Crippen molar-refractivity contribution in [2.45, 2.75) is 65.5 Å². The number of benzene rings is 1. The lowest BCUT2D eigenvalue weighted by molar-refractivity contribution is 0.196. The third-order valence-electron chi connectivity index (χ3n) is 3.31. The van der Waals surface area contributed by atoms with E-state index in [0.29, 0.717) is 12.0 Å². The molecule has 1 aromatic rings. The maximum absolute atomic E-state index is 5.96. The number of hydrogen-bond donors (Lipinski definition) is 1. The molecule has 0 saturated heterocycles. The Labute approximate surface area is 118 Å². The first kappa shape index (κ1) is 16.0. The van der Waals surface area contributed by atoms with Crippen molar-refractivity contribution in [3.63, 3.8) is 0 Å². The van der Waals surface area contributed by atoms with Crippen LogP contribution in [0.3, 0.4) is 0 Å². The van der Waals surface area contributed by atoms with Gasteiger partial charge in [0.15, 0.2) is 0 Å². The maximum Gasteiger partial charge on any atom is 0.119 e. The van der Waals surface area contributed by atoms with Gasteiger partial charge in [0.05, 0.1) is 6.10 Å². The molecule has 0 aliphatic carbocycles. The molecule has 0 spiro atoms. The molecule has 0 aliphatic rings. The van der Waals surface area contributed by atoms with Crippen LogP contribution in [-0.2, 0) is 0 Å². The van der Waals surface area contributed by atoms with Gasteiger partial charge < -0.3 is 10.1 Å². The molecule has 2 atom stereocenters. The van der Waals surface area contributed by atoms with E-state index in [2.05, 4.69) is 64.2 Å². The van der Waals surface area contributed by atoms with Crippen LogP contribution >= 0.6 is 0 Å². The maximum atomic E-state index is 5.96. The van der Waals surface area contributed by atoms with Gasteiger partial charge in [0.25, 0.3) is 0 Å². The van der Waals surface area contributed by atoms with E-state index < -0.39 is 0 Å². The number of ether oxygens (including phenoxy) is 1. The summed E-state index contributed by atoms with van der Waals surface area (Å²) < 4.78 is 5.96. The summed E-state index contributed by atoms with van der Waals surface area (Å²) in [6, 6.07) is 8.98. The van der Waals surface area contributed by atoms with Crippen molar-refractivity contribution in [3.8, 4) is 5.75 Å². The SMILES string of the molecule is CCCNC(C)CC(C)Oc1ccc(C(C)C)cc1. The largest absolute Gasteiger partial charge is 0.491 e. The van der Waals surface area contributed by atoms with Gasteiger partial charge >= 0.3 is 0 Å². The van der Waals surface area contributed by atoms with Crippen molar-refractivity contribution in [1.82, 2.24) is 5.32 Å². The van der Waals surface area contributed by atoms with Crippen LogP contribution in [0.1, 0.15) is 58.9 Å². The van der Waals surface area contributed by atoms with Gasteiger partial charge in [-0.3, -0.25) is 0 Å².